The van der Waals surface area contributed by atoms with Gasteiger partial charge in [-0.15, -0.1) is 80.5 Å². The van der Waals surface area contributed by atoms with Gasteiger partial charge in [0.1, 0.15) is 41.1 Å². The van der Waals surface area contributed by atoms with Gasteiger partial charge in [0, 0.05) is 78.2 Å². The molecule has 0 fully saturated rings. The molecule has 0 N–H and O–H groups in total. The van der Waals surface area contributed by atoms with Crippen molar-refractivity contribution >= 4 is 51.5 Å². The molecule has 15 nitrogen and oxygen atoms in total. The third-order valence-electron chi connectivity index (χ3n) is 15.2. The second-order valence-corrected chi connectivity index (χ2v) is 38.8. The average molecular weight is 1560 g/mol. The van der Waals surface area contributed by atoms with Crippen LogP contribution < -0.4 is 0 Å². The Morgan fingerprint density at radius 1 is 0.491 bits per heavy atom. The number of thiazole rings is 2. The third kappa shape index (κ3) is 35.6. The number of carbonyl (C=O) groups is 1. The molecule has 0 saturated heterocycles. The van der Waals surface area contributed by atoms with Crippen LogP contribution in [0.3, 0.4) is 0 Å². The zero-order chi connectivity index (χ0) is 84.8. The molecule has 10 rings (SSSR count). The van der Waals surface area contributed by atoms with E-state index in [9.17, 15) is 4.79 Å². The molecule has 1 unspecified atom stereocenters. The molecule has 9 heterocycles. The van der Waals surface area contributed by atoms with Gasteiger partial charge in [0.2, 0.25) is 0 Å². The Morgan fingerprint density at radius 3 is 1.35 bits per heavy atom. The van der Waals surface area contributed by atoms with Crippen LogP contribution in [0.5, 0.6) is 0 Å². The minimum Gasteiger partial charge on any atom is -0.438 e. The van der Waals surface area contributed by atoms with Crippen molar-refractivity contribution in [2.75, 3.05) is 0 Å². The first kappa shape index (κ1) is 98.0. The van der Waals surface area contributed by atoms with E-state index in [4.69, 9.17) is 75.7 Å². The van der Waals surface area contributed by atoms with Crippen molar-refractivity contribution in [2.45, 2.75) is 269 Å². The van der Waals surface area contributed by atoms with Gasteiger partial charge in [-0.3, -0.25) is 9.48 Å². The number of hydrogen-bond acceptors (Lipinski definition) is 18. The molecule has 9 aromatic rings. The third-order valence-corrected chi connectivity index (χ3v) is 19.1. The topological polar surface area (TPSA) is 191 Å². The predicted molar refractivity (Wildman–Crippen MR) is 459 cm³/mol. The molecular formula is C91H116N10O5S4. The van der Waals surface area contributed by atoms with Crippen LogP contribution in [0, 0.1) is 122 Å². The lowest BCUT2D eigenvalue weighted by atomic mass is 9.74. The van der Waals surface area contributed by atoms with Crippen LogP contribution in [-0.4, -0.2) is 54.6 Å². The Labute approximate surface area is 676 Å². The van der Waals surface area contributed by atoms with E-state index >= 15 is 0 Å². The van der Waals surface area contributed by atoms with Gasteiger partial charge in [-0.05, 0) is 155 Å². The molecule has 0 spiro atoms. The van der Waals surface area contributed by atoms with Crippen molar-refractivity contribution in [3.8, 4) is 111 Å². The fourth-order valence-corrected chi connectivity index (χ4v) is 11.3. The van der Waals surface area contributed by atoms with Gasteiger partial charge in [-0.25, -0.2) is 19.9 Å². The molecule has 0 bridgehead atoms. The van der Waals surface area contributed by atoms with E-state index < -0.39 is 0 Å². The molecule has 1 aliphatic carbocycles. The Morgan fingerprint density at radius 2 is 1.05 bits per heavy atom. The Balaban J connectivity index is 0.000000611. The second-order valence-electron chi connectivity index (χ2n) is 35.4. The maximum atomic E-state index is 11.0. The number of oxazole rings is 2. The smallest absolute Gasteiger partial charge is 0.273 e. The largest absolute Gasteiger partial charge is 0.438 e. The Bertz CT molecular complexity index is 4090. The van der Waals surface area contributed by atoms with E-state index in [-0.39, 0.29) is 60.1 Å². The Kier molecular flexibility index (Phi) is 37.7. The van der Waals surface area contributed by atoms with Crippen molar-refractivity contribution in [3.63, 3.8) is 0 Å². The predicted octanol–water partition coefficient (Wildman–Crippen LogP) is 21.7. The van der Waals surface area contributed by atoms with Crippen LogP contribution in [0.25, 0.3) is 0 Å². The minimum atomic E-state index is -0.0118. The number of rotatable bonds is 0. The number of aromatic nitrogens is 10. The van der Waals surface area contributed by atoms with E-state index in [1.165, 1.54) is 49.7 Å². The molecule has 9 aromatic heterocycles. The molecule has 0 aromatic carbocycles. The van der Waals surface area contributed by atoms with Crippen LogP contribution in [0.4, 0.5) is 0 Å². The summed E-state index contributed by atoms with van der Waals surface area (Å²) in [6.45, 7) is 63.2. The summed E-state index contributed by atoms with van der Waals surface area (Å²) in [5.41, 5.74) is 8.43. The van der Waals surface area contributed by atoms with E-state index in [0.717, 1.165) is 62.7 Å². The van der Waals surface area contributed by atoms with Gasteiger partial charge in [0.25, 0.3) is 11.8 Å². The molecule has 0 amide bonds. The first-order valence-corrected chi connectivity index (χ1v) is 38.8. The van der Waals surface area contributed by atoms with Crippen LogP contribution in [0.1, 0.15) is 315 Å². The summed E-state index contributed by atoms with van der Waals surface area (Å²) in [5.74, 6) is 25.4. The summed E-state index contributed by atoms with van der Waals surface area (Å²) < 4.78 is 30.1. The van der Waals surface area contributed by atoms with Crippen LogP contribution in [-0.2, 0) is 53.7 Å². The molecule has 0 aliphatic heterocycles. The zero-order valence-corrected chi connectivity index (χ0v) is 74.0. The van der Waals surface area contributed by atoms with Crippen molar-refractivity contribution in [2.24, 2.45) is 11.3 Å². The molecular weight excluding hydrogens is 1440 g/mol. The quantitative estimate of drug-likeness (QED) is 0.130. The molecule has 584 valence electrons. The van der Waals surface area contributed by atoms with Crippen LogP contribution in [0.15, 0.2) is 90.1 Å². The SMILES string of the molecule is C#Cc1cc(C(C)(C)C)on1.C#Cc1cc(C(C)(C)C)sn1.C#Cc1ccn(C(C)(C)C)n1.C#Cc1nc(C(C)(C)C)co1.C#Cc1nc(C(C)(C)C)cs1.C#Cc1ncc(C(C)(C)C)o1.C#Cc1ncc(C(C)(C)C)s1.C#Cc1nocc1C(C)(C)C.C#Cc1nscc1C(C)(C)C.CC(C)(C)C1CC=CC(=O)C1. The standard InChI is InChI=1S/C10H16O.C9H12N2.4C9H11NO.4C9H11NS/c1-10(2,3)8-5-4-6-9(11)7-8;1-5-8-6-7-11(10-8)9(2,3)4;1-5-8-10-7(6-11-8)9(2,3)4;1-5-8-10-6-7(11-8)9(2,3)4;1-5-8-7(6-11-10-8)9(2,3)4;1-5-7-6-8(11-10-7)9(2,3)4;1-5-8-10-7(6-11-8)9(2,3)4;1-5-8-10-6-7(11-8)9(2,3)4;1-5-8-7(6-11-10-8)9(2,3)4;1-5-7-6-8(11-10-7)9(2,3)4/h4,6,8H,5,7H2,1-3H3;1,6-7H,2-4H3;8*1,6H,2-4H3. The molecule has 1 atom stereocenters. The summed E-state index contributed by atoms with van der Waals surface area (Å²) in [4.78, 5) is 29.9. The highest BCUT2D eigenvalue weighted by atomic mass is 32.1. The molecule has 110 heavy (non-hydrogen) atoms. The lowest BCUT2D eigenvalue weighted by Crippen LogP contribution is -2.24. The summed E-state index contributed by atoms with van der Waals surface area (Å²) in [7, 11) is 0. The number of hydrogen-bond donors (Lipinski definition) is 0. The molecule has 1 aliphatic rings. The summed E-state index contributed by atoms with van der Waals surface area (Å²) >= 11 is 6.04. The average Bonchev–Trinajstić information content (AvgIpc) is 1.70. The van der Waals surface area contributed by atoms with E-state index in [0.29, 0.717) is 34.8 Å². The number of terminal acetylenes is 9. The fourth-order valence-electron chi connectivity index (χ4n) is 8.08. The normalized spacial score (nSPS) is 12.6. The van der Waals surface area contributed by atoms with Gasteiger partial charge >= 0.3 is 0 Å². The van der Waals surface area contributed by atoms with Gasteiger partial charge in [0.05, 0.1) is 23.1 Å². The van der Waals surface area contributed by atoms with Gasteiger partial charge in [0.15, 0.2) is 27.2 Å². The number of nitrogens with zero attached hydrogens (tertiary/aromatic N) is 10. The van der Waals surface area contributed by atoms with E-state index in [2.05, 4.69) is 264 Å². The minimum absolute atomic E-state index is 0.0118. The van der Waals surface area contributed by atoms with Gasteiger partial charge in [-0.2, -0.15) is 13.8 Å². The lowest BCUT2D eigenvalue weighted by Gasteiger charge is -2.30. The Hall–Kier alpha value is -9.98. The zero-order valence-electron chi connectivity index (χ0n) is 70.8. The summed E-state index contributed by atoms with van der Waals surface area (Å²) in [6, 6.07) is 5.61. The molecule has 19 heteroatoms. The highest BCUT2D eigenvalue weighted by molar-refractivity contribution is 7.12. The first-order chi connectivity index (χ1) is 50.4. The number of ketones is 1. The summed E-state index contributed by atoms with van der Waals surface area (Å²) in [6.07, 6.45) is 60.8. The number of carbonyl (C=O) groups excluding carboxylic acids is 1. The number of allylic oxidation sites excluding steroid dienone is 2. The molecule has 0 radical (unpaired) electrons. The second kappa shape index (κ2) is 42.3. The van der Waals surface area contributed by atoms with Gasteiger partial charge in [-0.1, -0.05) is 203 Å². The van der Waals surface area contributed by atoms with Gasteiger partial charge < -0.3 is 17.9 Å². The fraction of sp³-hybridized carbons (Fsp3) is 0.473. The lowest BCUT2D eigenvalue weighted by molar-refractivity contribution is -0.116. The van der Waals surface area contributed by atoms with Crippen molar-refractivity contribution in [1.82, 2.24) is 48.8 Å². The highest BCUT2D eigenvalue weighted by Crippen LogP contribution is 2.35. The molecule has 0 saturated carbocycles. The van der Waals surface area contributed by atoms with E-state index in [1.807, 2.05) is 87.6 Å². The highest BCUT2D eigenvalue weighted by Gasteiger charge is 2.28. The maximum absolute atomic E-state index is 11.0. The van der Waals surface area contributed by atoms with Crippen molar-refractivity contribution in [3.05, 3.63) is 166 Å². The van der Waals surface area contributed by atoms with Crippen molar-refractivity contribution < 1.29 is 22.7 Å². The van der Waals surface area contributed by atoms with Crippen LogP contribution >= 0.6 is 45.7 Å². The summed E-state index contributed by atoms with van der Waals surface area (Å²) in [5, 5.41) is 17.2. The van der Waals surface area contributed by atoms with Crippen molar-refractivity contribution in [1.29, 1.82) is 0 Å². The maximum Gasteiger partial charge on any atom is 0.273 e. The first-order valence-electron chi connectivity index (χ1n) is 35.5. The van der Waals surface area contributed by atoms with E-state index in [1.54, 1.807) is 42.2 Å². The monoisotopic (exact) mass is 1560 g/mol. The van der Waals surface area contributed by atoms with Crippen LogP contribution in [0.2, 0.25) is 0 Å².